The number of alkyl halides is 3. The lowest BCUT2D eigenvalue weighted by Gasteiger charge is -2.37. The summed E-state index contributed by atoms with van der Waals surface area (Å²) < 4.78 is 51.0. The quantitative estimate of drug-likeness (QED) is 0.664. The number of halogens is 4. The maximum Gasteiger partial charge on any atom is 0.391 e. The molecule has 0 saturated heterocycles. The van der Waals surface area contributed by atoms with Gasteiger partial charge in [-0.05, 0) is 37.8 Å². The normalized spacial score (nSPS) is 27.4. The molecule has 1 aromatic heterocycles. The first-order chi connectivity index (χ1) is 9.28. The standard InChI is InChI=1S/C13H16F4N2O/c14-10-4-1-5-11(19-10)18-8-12(20)6-2-3-9(7-12)13(15,16)17/h1,4-5,9,20H,2-3,6-8H2,(H,18,19). The van der Waals surface area contributed by atoms with E-state index in [1.165, 1.54) is 18.2 Å². The van der Waals surface area contributed by atoms with E-state index in [4.69, 9.17) is 0 Å². The Kier molecular flexibility index (Phi) is 4.17. The molecule has 1 heterocycles. The third-order valence-electron chi connectivity index (χ3n) is 3.60. The van der Waals surface area contributed by atoms with Gasteiger partial charge >= 0.3 is 6.18 Å². The highest BCUT2D eigenvalue weighted by Crippen LogP contribution is 2.41. The lowest BCUT2D eigenvalue weighted by atomic mass is 9.77. The Bertz CT molecular complexity index is 466. The van der Waals surface area contributed by atoms with Crippen LogP contribution in [-0.4, -0.2) is 28.4 Å². The molecule has 2 rings (SSSR count). The van der Waals surface area contributed by atoms with E-state index in [1.807, 2.05) is 0 Å². The predicted octanol–water partition coefficient (Wildman–Crippen LogP) is 3.12. The Morgan fingerprint density at radius 2 is 2.15 bits per heavy atom. The van der Waals surface area contributed by atoms with Gasteiger partial charge in [0.25, 0.3) is 0 Å². The summed E-state index contributed by atoms with van der Waals surface area (Å²) in [7, 11) is 0. The number of rotatable bonds is 3. The maximum absolute atomic E-state index is 12.9. The second kappa shape index (κ2) is 5.55. The lowest BCUT2D eigenvalue weighted by molar-refractivity contribution is -0.199. The third kappa shape index (κ3) is 3.82. The van der Waals surface area contributed by atoms with Crippen molar-refractivity contribution in [2.24, 2.45) is 5.92 Å². The van der Waals surface area contributed by atoms with Gasteiger partial charge in [0.1, 0.15) is 5.82 Å². The van der Waals surface area contributed by atoms with Crippen molar-refractivity contribution in [1.82, 2.24) is 4.98 Å². The highest BCUT2D eigenvalue weighted by atomic mass is 19.4. The molecule has 0 aliphatic heterocycles. The second-order valence-electron chi connectivity index (χ2n) is 5.26. The van der Waals surface area contributed by atoms with Crippen molar-refractivity contribution in [2.75, 3.05) is 11.9 Å². The van der Waals surface area contributed by atoms with Gasteiger partial charge in [-0.2, -0.15) is 17.6 Å². The first kappa shape index (κ1) is 15.0. The van der Waals surface area contributed by atoms with Crippen LogP contribution in [0.4, 0.5) is 23.4 Å². The van der Waals surface area contributed by atoms with E-state index < -0.39 is 23.6 Å². The van der Waals surface area contributed by atoms with Crippen LogP contribution in [0.3, 0.4) is 0 Å². The van der Waals surface area contributed by atoms with E-state index in [0.717, 1.165) is 0 Å². The third-order valence-corrected chi connectivity index (χ3v) is 3.60. The molecule has 112 valence electrons. The van der Waals surface area contributed by atoms with E-state index in [-0.39, 0.29) is 25.2 Å². The number of anilines is 1. The summed E-state index contributed by atoms with van der Waals surface area (Å²) in [6.07, 6.45) is -3.96. The molecule has 0 spiro atoms. The molecular weight excluding hydrogens is 276 g/mol. The largest absolute Gasteiger partial charge is 0.391 e. The summed E-state index contributed by atoms with van der Waals surface area (Å²) in [5, 5.41) is 13.0. The Morgan fingerprint density at radius 1 is 1.40 bits per heavy atom. The van der Waals surface area contributed by atoms with Crippen molar-refractivity contribution < 1.29 is 22.7 Å². The maximum atomic E-state index is 12.9. The van der Waals surface area contributed by atoms with Crippen molar-refractivity contribution in [2.45, 2.75) is 37.5 Å². The average molecular weight is 292 g/mol. The Morgan fingerprint density at radius 3 is 2.80 bits per heavy atom. The molecule has 1 aliphatic carbocycles. The molecule has 7 heteroatoms. The fourth-order valence-electron chi connectivity index (χ4n) is 2.54. The summed E-state index contributed by atoms with van der Waals surface area (Å²) in [5.74, 6) is -1.96. The minimum atomic E-state index is -4.29. The molecule has 1 saturated carbocycles. The minimum absolute atomic E-state index is 0.0457. The van der Waals surface area contributed by atoms with Crippen LogP contribution in [0, 0.1) is 11.9 Å². The van der Waals surface area contributed by atoms with E-state index in [0.29, 0.717) is 12.8 Å². The van der Waals surface area contributed by atoms with Gasteiger partial charge in [0, 0.05) is 6.54 Å². The van der Waals surface area contributed by atoms with Gasteiger partial charge in [0.15, 0.2) is 0 Å². The number of pyridine rings is 1. The van der Waals surface area contributed by atoms with E-state index in [1.54, 1.807) is 0 Å². The summed E-state index contributed by atoms with van der Waals surface area (Å²) in [4.78, 5) is 3.55. The molecule has 0 amide bonds. The molecule has 1 aliphatic rings. The summed E-state index contributed by atoms with van der Waals surface area (Å²) in [5.41, 5.74) is -1.44. The molecule has 20 heavy (non-hydrogen) atoms. The molecule has 1 fully saturated rings. The van der Waals surface area contributed by atoms with Crippen LogP contribution < -0.4 is 5.32 Å². The Hall–Kier alpha value is -1.37. The number of aromatic nitrogens is 1. The number of nitrogens with one attached hydrogen (secondary N) is 1. The van der Waals surface area contributed by atoms with Gasteiger partial charge in [-0.1, -0.05) is 6.07 Å². The fraction of sp³-hybridized carbons (Fsp3) is 0.615. The zero-order valence-electron chi connectivity index (χ0n) is 10.8. The van der Waals surface area contributed by atoms with Gasteiger partial charge < -0.3 is 10.4 Å². The van der Waals surface area contributed by atoms with Crippen molar-refractivity contribution in [1.29, 1.82) is 0 Å². The fourth-order valence-corrected chi connectivity index (χ4v) is 2.54. The summed E-state index contributed by atoms with van der Waals surface area (Å²) >= 11 is 0. The zero-order valence-corrected chi connectivity index (χ0v) is 10.8. The van der Waals surface area contributed by atoms with Crippen LogP contribution in [0.2, 0.25) is 0 Å². The Balaban J connectivity index is 1.97. The van der Waals surface area contributed by atoms with Gasteiger partial charge in [-0.15, -0.1) is 0 Å². The van der Waals surface area contributed by atoms with Crippen LogP contribution in [0.1, 0.15) is 25.7 Å². The predicted molar refractivity (Wildman–Crippen MR) is 65.6 cm³/mol. The topological polar surface area (TPSA) is 45.1 Å². The van der Waals surface area contributed by atoms with Crippen LogP contribution in [0.25, 0.3) is 0 Å². The number of aliphatic hydroxyl groups is 1. The number of nitrogens with zero attached hydrogens (tertiary/aromatic N) is 1. The number of hydrogen-bond donors (Lipinski definition) is 2. The van der Waals surface area contributed by atoms with Crippen molar-refractivity contribution in [3.63, 3.8) is 0 Å². The molecule has 2 atom stereocenters. The van der Waals surface area contributed by atoms with E-state index >= 15 is 0 Å². The van der Waals surface area contributed by atoms with E-state index in [9.17, 15) is 22.7 Å². The van der Waals surface area contributed by atoms with E-state index in [2.05, 4.69) is 10.3 Å². The summed E-state index contributed by atoms with van der Waals surface area (Å²) in [6.45, 7) is -0.0734. The highest BCUT2D eigenvalue weighted by Gasteiger charge is 2.46. The molecule has 3 nitrogen and oxygen atoms in total. The van der Waals surface area contributed by atoms with Crippen molar-refractivity contribution in [3.05, 3.63) is 24.1 Å². The van der Waals surface area contributed by atoms with Gasteiger partial charge in [-0.3, -0.25) is 0 Å². The zero-order chi connectivity index (χ0) is 14.8. The monoisotopic (exact) mass is 292 g/mol. The highest BCUT2D eigenvalue weighted by molar-refractivity contribution is 5.34. The van der Waals surface area contributed by atoms with Crippen molar-refractivity contribution in [3.8, 4) is 0 Å². The molecular formula is C13H16F4N2O. The molecule has 2 unspecified atom stereocenters. The summed E-state index contributed by atoms with van der Waals surface area (Å²) in [6, 6.07) is 4.10. The van der Waals surface area contributed by atoms with Crippen LogP contribution in [-0.2, 0) is 0 Å². The average Bonchev–Trinajstić information content (AvgIpc) is 2.36. The molecule has 2 N–H and O–H groups in total. The smallest absolute Gasteiger partial charge is 0.388 e. The van der Waals surface area contributed by atoms with Gasteiger partial charge in [-0.25, -0.2) is 4.98 Å². The first-order valence-electron chi connectivity index (χ1n) is 6.44. The van der Waals surface area contributed by atoms with Crippen molar-refractivity contribution >= 4 is 5.82 Å². The molecule has 0 bridgehead atoms. The van der Waals surface area contributed by atoms with Crippen LogP contribution in [0.5, 0.6) is 0 Å². The first-order valence-corrected chi connectivity index (χ1v) is 6.44. The van der Waals surface area contributed by atoms with Crippen LogP contribution >= 0.6 is 0 Å². The van der Waals surface area contributed by atoms with Crippen LogP contribution in [0.15, 0.2) is 18.2 Å². The van der Waals surface area contributed by atoms with Gasteiger partial charge in [0.05, 0.1) is 11.5 Å². The molecule has 0 radical (unpaired) electrons. The Labute approximate surface area is 114 Å². The molecule has 0 aromatic carbocycles. The second-order valence-corrected chi connectivity index (χ2v) is 5.26. The lowest BCUT2D eigenvalue weighted by Crippen LogP contribution is -2.45. The van der Waals surface area contributed by atoms with Gasteiger partial charge in [0.2, 0.25) is 5.95 Å². The number of hydrogen-bond acceptors (Lipinski definition) is 3. The SMILES string of the molecule is OC1(CNc2cccc(F)n2)CCCC(C(F)(F)F)C1. The minimum Gasteiger partial charge on any atom is -0.388 e. The molecule has 1 aromatic rings.